The monoisotopic (exact) mass is 555 g/mol. The number of nitrogens with zero attached hydrogens (tertiary/aromatic N) is 1. The first-order valence-electron chi connectivity index (χ1n) is 12.3. The summed E-state index contributed by atoms with van der Waals surface area (Å²) >= 11 is 0. The standard InChI is InChI=1S/C29H29F7NP/c1-18-12-20(28(31,32)33)15-23(13-18)38(24-16-21(29(34,35)36)14-22(30)17-24)26-11-7-10-25(26)27(37(2)3)19-8-5-4-6-9-19/h4-6,8-9,12-17,25-27H,7,10-11H2,1-3H3/t25?,26?,27-,38?/m1/s1. The SMILES string of the molecule is Cc1cc(P(c2cc(F)cc(C(F)(F)F)c2)C2CCCC2[C@@H](c2ccccc2)N(C)C)cc(C(F)(F)F)c1. The highest BCUT2D eigenvalue weighted by molar-refractivity contribution is 7.73. The van der Waals surface area contributed by atoms with E-state index in [1.807, 2.05) is 44.4 Å². The molecule has 1 fully saturated rings. The summed E-state index contributed by atoms with van der Waals surface area (Å²) in [5.74, 6) is -1.10. The summed E-state index contributed by atoms with van der Waals surface area (Å²) in [6.45, 7) is 1.54. The third-order valence-corrected chi connectivity index (χ3v) is 10.1. The Labute approximate surface area is 219 Å². The van der Waals surface area contributed by atoms with Crippen molar-refractivity contribution < 1.29 is 30.7 Å². The zero-order valence-electron chi connectivity index (χ0n) is 21.2. The molecule has 0 N–H and O–H groups in total. The lowest BCUT2D eigenvalue weighted by Crippen LogP contribution is -2.34. The molecule has 4 atom stereocenters. The molecular formula is C29H29F7NP. The normalized spacial score (nSPS) is 20.1. The van der Waals surface area contributed by atoms with Gasteiger partial charge in [-0.1, -0.05) is 42.8 Å². The van der Waals surface area contributed by atoms with Gasteiger partial charge in [-0.2, -0.15) is 26.3 Å². The van der Waals surface area contributed by atoms with E-state index in [4.69, 9.17) is 0 Å². The lowest BCUT2D eigenvalue weighted by molar-refractivity contribution is -0.138. The smallest absolute Gasteiger partial charge is 0.302 e. The minimum Gasteiger partial charge on any atom is -0.302 e. The molecule has 3 unspecified atom stereocenters. The Hall–Kier alpha value is -2.44. The summed E-state index contributed by atoms with van der Waals surface area (Å²) in [5, 5.41) is 0.419. The molecule has 0 saturated heterocycles. The molecule has 0 bridgehead atoms. The first-order valence-corrected chi connectivity index (χ1v) is 13.7. The summed E-state index contributed by atoms with van der Waals surface area (Å²) in [4.78, 5) is 2.05. The van der Waals surface area contributed by atoms with E-state index in [1.54, 1.807) is 6.07 Å². The number of alkyl halides is 6. The zero-order chi connectivity index (χ0) is 27.8. The fraction of sp³-hybridized carbons (Fsp3) is 0.379. The first-order chi connectivity index (χ1) is 17.8. The highest BCUT2D eigenvalue weighted by Gasteiger charge is 2.42. The summed E-state index contributed by atoms with van der Waals surface area (Å²) in [6, 6.07) is 15.7. The summed E-state index contributed by atoms with van der Waals surface area (Å²) in [6.07, 6.45) is -7.23. The van der Waals surface area contributed by atoms with Crippen molar-refractivity contribution in [2.45, 2.75) is 50.2 Å². The molecular weight excluding hydrogens is 526 g/mol. The third kappa shape index (κ3) is 6.23. The van der Waals surface area contributed by atoms with Crippen LogP contribution in [-0.2, 0) is 12.4 Å². The molecule has 38 heavy (non-hydrogen) atoms. The van der Waals surface area contributed by atoms with E-state index in [2.05, 4.69) is 4.90 Å². The van der Waals surface area contributed by atoms with Gasteiger partial charge in [0.2, 0.25) is 0 Å². The van der Waals surface area contributed by atoms with Crippen LogP contribution in [0.3, 0.4) is 0 Å². The number of hydrogen-bond donors (Lipinski definition) is 0. The Kier molecular flexibility index (Phi) is 8.25. The van der Waals surface area contributed by atoms with Gasteiger partial charge >= 0.3 is 12.4 Å². The van der Waals surface area contributed by atoms with Crippen molar-refractivity contribution in [1.29, 1.82) is 0 Å². The molecule has 3 aromatic carbocycles. The van der Waals surface area contributed by atoms with Gasteiger partial charge < -0.3 is 4.90 Å². The average Bonchev–Trinajstić information content (AvgIpc) is 3.26. The lowest BCUT2D eigenvalue weighted by Gasteiger charge is -2.38. The molecule has 0 heterocycles. The summed E-state index contributed by atoms with van der Waals surface area (Å²) in [5.41, 5.74) is -0.848. The number of hydrogen-bond acceptors (Lipinski definition) is 1. The molecule has 9 heteroatoms. The van der Waals surface area contributed by atoms with Gasteiger partial charge in [-0.05, 0) is 105 Å². The molecule has 1 saturated carbocycles. The quantitative estimate of drug-likeness (QED) is 0.220. The van der Waals surface area contributed by atoms with E-state index < -0.39 is 37.2 Å². The Balaban J connectivity index is 1.92. The molecule has 1 nitrogen and oxygen atoms in total. The van der Waals surface area contributed by atoms with E-state index in [0.717, 1.165) is 42.7 Å². The van der Waals surface area contributed by atoms with Gasteiger partial charge in [0.1, 0.15) is 5.82 Å². The Morgan fingerprint density at radius 3 is 1.95 bits per heavy atom. The molecule has 4 rings (SSSR count). The summed E-state index contributed by atoms with van der Waals surface area (Å²) < 4.78 is 97.1. The Morgan fingerprint density at radius 2 is 1.37 bits per heavy atom. The van der Waals surface area contributed by atoms with Crippen molar-refractivity contribution in [2.24, 2.45) is 5.92 Å². The minimum atomic E-state index is -4.78. The van der Waals surface area contributed by atoms with Crippen molar-refractivity contribution in [3.05, 3.63) is 94.8 Å². The van der Waals surface area contributed by atoms with E-state index in [-0.39, 0.29) is 22.9 Å². The second-order valence-corrected chi connectivity index (χ2v) is 12.5. The second kappa shape index (κ2) is 11.0. The van der Waals surface area contributed by atoms with Crippen LogP contribution in [0.1, 0.15) is 47.6 Å². The number of aryl methyl sites for hydroxylation is 1. The van der Waals surface area contributed by atoms with Gasteiger partial charge in [-0.3, -0.25) is 0 Å². The maximum absolute atomic E-state index is 14.6. The molecule has 0 aliphatic heterocycles. The number of halogens is 7. The summed E-state index contributed by atoms with van der Waals surface area (Å²) in [7, 11) is 2.08. The Bertz CT molecular complexity index is 1190. The minimum absolute atomic E-state index is 0.0500. The van der Waals surface area contributed by atoms with Crippen molar-refractivity contribution in [1.82, 2.24) is 4.90 Å². The molecule has 0 spiro atoms. The second-order valence-electron chi connectivity index (χ2n) is 10.1. The van der Waals surface area contributed by atoms with Crippen LogP contribution in [0.15, 0.2) is 66.7 Å². The van der Waals surface area contributed by atoms with Crippen molar-refractivity contribution >= 4 is 18.5 Å². The third-order valence-electron chi connectivity index (χ3n) is 7.12. The van der Waals surface area contributed by atoms with Crippen LogP contribution in [0.4, 0.5) is 30.7 Å². The fourth-order valence-electron chi connectivity index (χ4n) is 5.71. The molecule has 1 aliphatic carbocycles. The van der Waals surface area contributed by atoms with Crippen LogP contribution in [0.5, 0.6) is 0 Å². The zero-order valence-corrected chi connectivity index (χ0v) is 22.1. The van der Waals surface area contributed by atoms with Crippen LogP contribution in [0.25, 0.3) is 0 Å². The van der Waals surface area contributed by atoms with E-state index in [9.17, 15) is 30.7 Å². The molecule has 3 aromatic rings. The van der Waals surface area contributed by atoms with Gasteiger partial charge in [0.15, 0.2) is 0 Å². The maximum atomic E-state index is 14.6. The first kappa shape index (κ1) is 28.6. The highest BCUT2D eigenvalue weighted by atomic mass is 31.1. The fourth-order valence-corrected chi connectivity index (χ4v) is 9.07. The molecule has 0 aromatic heterocycles. The molecule has 1 aliphatic rings. The topological polar surface area (TPSA) is 3.24 Å². The Morgan fingerprint density at radius 1 is 0.789 bits per heavy atom. The number of rotatable bonds is 6. The van der Waals surface area contributed by atoms with Crippen LogP contribution in [0.2, 0.25) is 0 Å². The van der Waals surface area contributed by atoms with Crippen molar-refractivity contribution in [3.8, 4) is 0 Å². The molecule has 0 amide bonds. The van der Waals surface area contributed by atoms with Crippen molar-refractivity contribution in [3.63, 3.8) is 0 Å². The van der Waals surface area contributed by atoms with Gasteiger partial charge in [0, 0.05) is 6.04 Å². The largest absolute Gasteiger partial charge is 0.416 e. The van der Waals surface area contributed by atoms with Crippen LogP contribution < -0.4 is 10.6 Å². The number of benzene rings is 3. The van der Waals surface area contributed by atoms with E-state index in [0.29, 0.717) is 23.4 Å². The molecule has 204 valence electrons. The highest BCUT2D eigenvalue weighted by Crippen LogP contribution is 2.55. The van der Waals surface area contributed by atoms with Crippen LogP contribution in [-0.4, -0.2) is 24.7 Å². The van der Waals surface area contributed by atoms with Gasteiger partial charge in [0.05, 0.1) is 11.1 Å². The van der Waals surface area contributed by atoms with Crippen LogP contribution >= 0.6 is 7.92 Å². The van der Waals surface area contributed by atoms with Gasteiger partial charge in [0.25, 0.3) is 0 Å². The lowest BCUT2D eigenvalue weighted by atomic mass is 9.90. The van der Waals surface area contributed by atoms with E-state index in [1.165, 1.54) is 6.92 Å². The van der Waals surface area contributed by atoms with Crippen LogP contribution in [0, 0.1) is 18.7 Å². The average molecular weight is 556 g/mol. The predicted molar refractivity (Wildman–Crippen MR) is 138 cm³/mol. The predicted octanol–water partition coefficient (Wildman–Crippen LogP) is 8.08. The van der Waals surface area contributed by atoms with Gasteiger partial charge in [-0.15, -0.1) is 0 Å². The maximum Gasteiger partial charge on any atom is 0.416 e. The molecule has 0 radical (unpaired) electrons. The van der Waals surface area contributed by atoms with Gasteiger partial charge in [-0.25, -0.2) is 4.39 Å². The van der Waals surface area contributed by atoms with Crippen molar-refractivity contribution in [2.75, 3.05) is 14.1 Å². The van der Waals surface area contributed by atoms with E-state index >= 15 is 0 Å².